The van der Waals surface area contributed by atoms with Gasteiger partial charge >= 0.3 is 0 Å². The van der Waals surface area contributed by atoms with Gasteiger partial charge in [-0.2, -0.15) is 0 Å². The van der Waals surface area contributed by atoms with E-state index in [0.29, 0.717) is 25.3 Å². The number of carbonyl (C=O) groups excluding carboxylic acids is 2. The molecule has 0 saturated carbocycles. The lowest BCUT2D eigenvalue weighted by Crippen LogP contribution is -2.68. The van der Waals surface area contributed by atoms with Gasteiger partial charge in [-0.15, -0.1) is 12.4 Å². The van der Waals surface area contributed by atoms with Gasteiger partial charge in [-0.1, -0.05) is 0 Å². The third-order valence-electron chi connectivity index (χ3n) is 7.35. The molecule has 0 aromatic carbocycles. The number of hydrogen-bond donors (Lipinski definition) is 2. The molecule has 4 heterocycles. The van der Waals surface area contributed by atoms with E-state index >= 15 is 0 Å². The van der Waals surface area contributed by atoms with Gasteiger partial charge in [0.25, 0.3) is 0 Å². The zero-order valence-electron chi connectivity index (χ0n) is 17.7. The highest BCUT2D eigenvalue weighted by Crippen LogP contribution is 2.39. The lowest BCUT2D eigenvalue weighted by Gasteiger charge is -2.53. The number of nitrogens with one attached hydrogen (secondary N) is 2. The Bertz CT molecular complexity index is 832. The summed E-state index contributed by atoms with van der Waals surface area (Å²) < 4.78 is 0. The fraction of sp³-hybridized carbons (Fsp3) is 0.727. The first-order chi connectivity index (χ1) is 14.1. The average molecular weight is 434 g/mol. The van der Waals surface area contributed by atoms with Gasteiger partial charge in [0.15, 0.2) is 0 Å². The second-order valence-electron chi connectivity index (χ2n) is 9.16. The fourth-order valence-corrected chi connectivity index (χ4v) is 6.05. The minimum Gasteiger partial charge on any atom is -0.354 e. The molecule has 2 amide bonds. The number of fused-ring (bicyclic) bond motifs is 5. The SMILES string of the molecule is Cc1nc(CCNC(=O)[C@H]2[C@@H]3CNC[C@@H](C3)[C@@H]3CCCC(=O)N32)nc2c1CCC2.Cl. The lowest BCUT2D eigenvalue weighted by molar-refractivity contribution is -0.157. The average Bonchev–Trinajstić information content (AvgIpc) is 3.18. The number of aryl methyl sites for hydroxylation is 2. The van der Waals surface area contributed by atoms with Crippen LogP contribution < -0.4 is 10.6 Å². The number of nitrogens with zero attached hydrogens (tertiary/aromatic N) is 3. The summed E-state index contributed by atoms with van der Waals surface area (Å²) in [5.41, 5.74) is 3.59. The van der Waals surface area contributed by atoms with Crippen LogP contribution in [0, 0.1) is 18.8 Å². The number of carbonyl (C=O) groups is 2. The molecule has 3 fully saturated rings. The lowest BCUT2D eigenvalue weighted by atomic mass is 9.72. The second kappa shape index (κ2) is 8.79. The van der Waals surface area contributed by atoms with Crippen molar-refractivity contribution in [2.45, 2.75) is 70.4 Å². The van der Waals surface area contributed by atoms with Gasteiger partial charge < -0.3 is 15.5 Å². The summed E-state index contributed by atoms with van der Waals surface area (Å²) in [5.74, 6) is 1.68. The van der Waals surface area contributed by atoms with Gasteiger partial charge in [0.05, 0.1) is 0 Å². The summed E-state index contributed by atoms with van der Waals surface area (Å²) in [6, 6.07) is -0.113. The summed E-state index contributed by atoms with van der Waals surface area (Å²) in [6.45, 7) is 4.36. The molecule has 0 radical (unpaired) electrons. The van der Waals surface area contributed by atoms with Crippen LogP contribution in [0.3, 0.4) is 0 Å². The van der Waals surface area contributed by atoms with E-state index in [0.717, 1.165) is 63.1 Å². The summed E-state index contributed by atoms with van der Waals surface area (Å²) >= 11 is 0. The molecule has 2 N–H and O–H groups in total. The first-order valence-corrected chi connectivity index (χ1v) is 11.3. The Morgan fingerprint density at radius 3 is 2.87 bits per heavy atom. The quantitative estimate of drug-likeness (QED) is 0.748. The molecule has 7 nitrogen and oxygen atoms in total. The Labute approximate surface area is 184 Å². The highest BCUT2D eigenvalue weighted by molar-refractivity contribution is 5.89. The van der Waals surface area contributed by atoms with Crippen LogP contribution in [0.2, 0.25) is 0 Å². The number of hydrogen-bond acceptors (Lipinski definition) is 5. The smallest absolute Gasteiger partial charge is 0.243 e. The molecular formula is C22H32ClN5O2. The Hall–Kier alpha value is -1.73. The first-order valence-electron chi connectivity index (χ1n) is 11.3. The minimum atomic E-state index is -0.334. The molecule has 2 bridgehead atoms. The van der Waals surface area contributed by atoms with Crippen LogP contribution in [0.1, 0.15) is 54.9 Å². The maximum atomic E-state index is 13.2. The molecule has 30 heavy (non-hydrogen) atoms. The molecule has 1 aromatic rings. The van der Waals surface area contributed by atoms with Gasteiger partial charge in [0.2, 0.25) is 11.8 Å². The summed E-state index contributed by atoms with van der Waals surface area (Å²) in [6.07, 6.45) is 7.52. The van der Waals surface area contributed by atoms with Crippen molar-refractivity contribution in [3.05, 3.63) is 22.8 Å². The van der Waals surface area contributed by atoms with E-state index in [1.165, 1.54) is 11.3 Å². The highest BCUT2D eigenvalue weighted by atomic mass is 35.5. The van der Waals surface area contributed by atoms with Gasteiger partial charge in [-0.3, -0.25) is 9.59 Å². The normalized spacial score (nSPS) is 29.6. The van der Waals surface area contributed by atoms with Crippen LogP contribution in [-0.4, -0.2) is 58.4 Å². The number of amides is 2. The van der Waals surface area contributed by atoms with Crippen LogP contribution >= 0.6 is 12.4 Å². The van der Waals surface area contributed by atoms with Gasteiger partial charge in [0, 0.05) is 49.3 Å². The van der Waals surface area contributed by atoms with E-state index in [-0.39, 0.29) is 42.2 Å². The predicted molar refractivity (Wildman–Crippen MR) is 115 cm³/mol. The van der Waals surface area contributed by atoms with Crippen LogP contribution in [0.25, 0.3) is 0 Å². The molecular weight excluding hydrogens is 402 g/mol. The van der Waals surface area contributed by atoms with Crippen molar-refractivity contribution in [1.29, 1.82) is 0 Å². The van der Waals surface area contributed by atoms with E-state index in [2.05, 4.69) is 22.5 Å². The van der Waals surface area contributed by atoms with Crippen LogP contribution in [-0.2, 0) is 28.9 Å². The number of aromatic nitrogens is 2. The van der Waals surface area contributed by atoms with Crippen molar-refractivity contribution < 1.29 is 9.59 Å². The number of rotatable bonds is 4. The van der Waals surface area contributed by atoms with E-state index < -0.39 is 0 Å². The van der Waals surface area contributed by atoms with Crippen LogP contribution in [0.15, 0.2) is 0 Å². The second-order valence-corrected chi connectivity index (χ2v) is 9.16. The first kappa shape index (κ1) is 21.5. The maximum Gasteiger partial charge on any atom is 0.243 e. The Kier molecular flexibility index (Phi) is 6.30. The van der Waals surface area contributed by atoms with Gasteiger partial charge in [-0.05, 0) is 63.5 Å². The van der Waals surface area contributed by atoms with Gasteiger partial charge in [0.1, 0.15) is 11.9 Å². The molecule has 3 saturated heterocycles. The zero-order valence-corrected chi connectivity index (χ0v) is 18.5. The molecule has 4 atom stereocenters. The summed E-state index contributed by atoms with van der Waals surface area (Å²) in [4.78, 5) is 37.2. The van der Waals surface area contributed by atoms with Crippen molar-refractivity contribution in [3.8, 4) is 0 Å². The third kappa shape index (κ3) is 3.82. The topological polar surface area (TPSA) is 87.2 Å². The fourth-order valence-electron chi connectivity index (χ4n) is 6.05. The molecule has 1 aromatic heterocycles. The Morgan fingerprint density at radius 1 is 1.17 bits per heavy atom. The zero-order chi connectivity index (χ0) is 20.0. The third-order valence-corrected chi connectivity index (χ3v) is 7.35. The van der Waals surface area contributed by atoms with E-state index in [1.807, 2.05) is 4.90 Å². The van der Waals surface area contributed by atoms with Crippen molar-refractivity contribution in [1.82, 2.24) is 25.5 Å². The van der Waals surface area contributed by atoms with Crippen molar-refractivity contribution in [3.63, 3.8) is 0 Å². The highest BCUT2D eigenvalue weighted by Gasteiger charge is 2.50. The summed E-state index contributed by atoms with van der Waals surface area (Å²) in [7, 11) is 0. The van der Waals surface area contributed by atoms with Crippen LogP contribution in [0.4, 0.5) is 0 Å². The summed E-state index contributed by atoms with van der Waals surface area (Å²) in [5, 5.41) is 6.60. The minimum absolute atomic E-state index is 0. The van der Waals surface area contributed by atoms with Gasteiger partial charge in [-0.25, -0.2) is 9.97 Å². The van der Waals surface area contributed by atoms with Crippen LogP contribution in [0.5, 0.6) is 0 Å². The number of halogens is 1. The Balaban J connectivity index is 0.00000218. The number of piperidine rings is 3. The molecule has 164 valence electrons. The van der Waals surface area contributed by atoms with E-state index in [1.54, 1.807) is 0 Å². The molecule has 8 heteroatoms. The van der Waals surface area contributed by atoms with Crippen molar-refractivity contribution in [2.24, 2.45) is 11.8 Å². The van der Waals surface area contributed by atoms with Crippen molar-refractivity contribution >= 4 is 24.2 Å². The maximum absolute atomic E-state index is 13.2. The molecule has 3 aliphatic heterocycles. The molecule has 1 aliphatic carbocycles. The van der Waals surface area contributed by atoms with E-state index in [4.69, 9.17) is 4.98 Å². The largest absolute Gasteiger partial charge is 0.354 e. The monoisotopic (exact) mass is 433 g/mol. The van der Waals surface area contributed by atoms with Crippen molar-refractivity contribution in [2.75, 3.05) is 19.6 Å². The molecule has 0 unspecified atom stereocenters. The predicted octanol–water partition coefficient (Wildman–Crippen LogP) is 1.34. The standard InChI is InChI=1S/C22H31N5O2.ClH/c1-13-16-4-2-5-17(16)26-19(25-13)8-9-24-22(29)21-15-10-14(11-23-12-15)18-6-3-7-20(28)27(18)21;/h14-15,18,21,23H,2-12H2,1H3,(H,24,29);1H/t14-,15+,18+,21-;/m1./s1. The Morgan fingerprint density at radius 2 is 2.00 bits per heavy atom. The molecule has 0 spiro atoms. The van der Waals surface area contributed by atoms with E-state index in [9.17, 15) is 9.59 Å². The molecule has 5 rings (SSSR count). The molecule has 4 aliphatic rings.